The summed E-state index contributed by atoms with van der Waals surface area (Å²) in [5.74, 6) is -0.245. The van der Waals surface area contributed by atoms with Crippen molar-refractivity contribution in [3.8, 4) is 0 Å². The van der Waals surface area contributed by atoms with Gasteiger partial charge >= 0.3 is 0 Å². The van der Waals surface area contributed by atoms with Gasteiger partial charge in [0.05, 0.1) is 0 Å². The Bertz CT molecular complexity index is 442. The molecule has 0 saturated heterocycles. The molecule has 0 bridgehead atoms. The zero-order valence-corrected chi connectivity index (χ0v) is 20.1. The average molecular weight is 395 g/mol. The molecule has 0 fully saturated rings. The van der Waals surface area contributed by atoms with E-state index in [0.717, 1.165) is 11.8 Å². The molecule has 1 rings (SSSR count). The summed E-state index contributed by atoms with van der Waals surface area (Å²) in [6.07, 6.45) is 10.5. The number of carbonyl (C=O) groups excluding carboxylic acids is 1. The van der Waals surface area contributed by atoms with Crippen LogP contribution >= 0.6 is 0 Å². The Morgan fingerprint density at radius 2 is 1.43 bits per heavy atom. The number of allylic oxidation sites excluding steroid dienone is 3. The van der Waals surface area contributed by atoms with Crippen molar-refractivity contribution in [2.45, 2.75) is 100 Å². The van der Waals surface area contributed by atoms with Crippen LogP contribution in [0.3, 0.4) is 0 Å². The molecule has 0 amide bonds. The lowest BCUT2D eigenvalue weighted by molar-refractivity contribution is -0.108. The lowest BCUT2D eigenvalue weighted by Crippen LogP contribution is -1.93. The first-order chi connectivity index (χ1) is 13.5. The Morgan fingerprint density at radius 1 is 1.00 bits per heavy atom. The number of aryl methyl sites for hydroxylation is 1. The largest absolute Gasteiger partial charge is 0.303 e. The van der Waals surface area contributed by atoms with Gasteiger partial charge in [-0.1, -0.05) is 123 Å². The number of benzene rings is 1. The topological polar surface area (TPSA) is 17.1 Å². The molecule has 1 atom stereocenters. The minimum Gasteiger partial charge on any atom is -0.303 e. The molecule has 0 aliphatic rings. The van der Waals surface area contributed by atoms with Crippen LogP contribution in [0.15, 0.2) is 48.8 Å². The van der Waals surface area contributed by atoms with Crippen molar-refractivity contribution in [3.05, 3.63) is 60.0 Å². The van der Waals surface area contributed by atoms with Gasteiger partial charge in [-0.05, 0) is 25.5 Å². The molecule has 1 nitrogen and oxygen atoms in total. The number of halogens is 1. The summed E-state index contributed by atoms with van der Waals surface area (Å²) >= 11 is 0. The van der Waals surface area contributed by atoms with Crippen molar-refractivity contribution < 1.29 is 9.18 Å². The number of carbonyl (C=O) groups is 1. The van der Waals surface area contributed by atoms with E-state index in [9.17, 15) is 9.18 Å². The summed E-state index contributed by atoms with van der Waals surface area (Å²) < 4.78 is 11.6. The molecule has 0 N–H and O–H groups in total. The molecule has 28 heavy (non-hydrogen) atoms. The molecule has 2 heteroatoms. The van der Waals surface area contributed by atoms with Crippen LogP contribution in [-0.4, -0.2) is 6.29 Å². The van der Waals surface area contributed by atoms with Gasteiger partial charge in [0.15, 0.2) is 0 Å². The molecule has 0 aliphatic heterocycles. The van der Waals surface area contributed by atoms with Crippen LogP contribution in [0.1, 0.15) is 105 Å². The third-order valence-electron chi connectivity index (χ3n) is 3.49. The maximum absolute atomic E-state index is 11.6. The van der Waals surface area contributed by atoms with Gasteiger partial charge in [-0.15, -0.1) is 0 Å². The molecule has 1 unspecified atom stereocenters. The minimum atomic E-state index is -0.269. The fourth-order valence-electron chi connectivity index (χ4n) is 1.74. The van der Waals surface area contributed by atoms with E-state index in [4.69, 9.17) is 0 Å². The van der Waals surface area contributed by atoms with Crippen LogP contribution in [0.25, 0.3) is 0 Å². The van der Waals surface area contributed by atoms with Gasteiger partial charge in [0, 0.05) is 5.92 Å². The molecular formula is C26H47FO. The Morgan fingerprint density at radius 3 is 1.68 bits per heavy atom. The Balaban J connectivity index is -0.000000148. The van der Waals surface area contributed by atoms with Crippen molar-refractivity contribution in [2.24, 2.45) is 0 Å². The summed E-state index contributed by atoms with van der Waals surface area (Å²) in [6.45, 7) is 21.2. The van der Waals surface area contributed by atoms with Crippen LogP contribution in [0.4, 0.5) is 4.39 Å². The molecular weight excluding hydrogens is 347 g/mol. The fraction of sp³-hybridized carbons (Fsp3) is 0.577. The van der Waals surface area contributed by atoms with Crippen LogP contribution < -0.4 is 0 Å². The fourth-order valence-corrected chi connectivity index (χ4v) is 1.74. The van der Waals surface area contributed by atoms with Gasteiger partial charge in [-0.3, -0.25) is 0 Å². The van der Waals surface area contributed by atoms with Gasteiger partial charge in [-0.2, -0.15) is 0 Å². The standard InChI is InChI=1S/C10H12O.C7H16.C5H7F.2C2H6/c1-8-3-5-10(6-4-8)9(2)7-11;1-3-5-7-6-4-2;1-3-5(6)4-2;2*1-2/h3-7,9H,1-2H3;3-7H2,1-2H3;3-4H,1H2,2H3;2*1-2H3/b;;5-4+;;. The van der Waals surface area contributed by atoms with E-state index >= 15 is 0 Å². The van der Waals surface area contributed by atoms with E-state index in [0.29, 0.717) is 0 Å². The number of rotatable bonds is 7. The first kappa shape index (κ1) is 33.9. The van der Waals surface area contributed by atoms with Crippen molar-refractivity contribution >= 4 is 6.29 Å². The van der Waals surface area contributed by atoms with Crippen LogP contribution in [0, 0.1) is 6.92 Å². The molecule has 0 aliphatic carbocycles. The minimum absolute atomic E-state index is 0.0237. The van der Waals surface area contributed by atoms with Crippen molar-refractivity contribution in [1.29, 1.82) is 0 Å². The molecule has 0 radical (unpaired) electrons. The van der Waals surface area contributed by atoms with Crippen molar-refractivity contribution in [2.75, 3.05) is 0 Å². The summed E-state index contributed by atoms with van der Waals surface area (Å²) in [6, 6.07) is 8.04. The average Bonchev–Trinajstić information content (AvgIpc) is 2.77. The summed E-state index contributed by atoms with van der Waals surface area (Å²) in [5, 5.41) is 0. The monoisotopic (exact) mass is 394 g/mol. The molecule has 0 aromatic heterocycles. The van der Waals surface area contributed by atoms with Gasteiger partial charge in [0.2, 0.25) is 0 Å². The first-order valence-electron chi connectivity index (χ1n) is 10.9. The smallest absolute Gasteiger partial charge is 0.127 e. The van der Waals surface area contributed by atoms with Gasteiger partial charge < -0.3 is 4.79 Å². The van der Waals surface area contributed by atoms with E-state index in [1.165, 1.54) is 49.8 Å². The SMILES string of the molecule is C=C/C(F)=C\C.CC.CC.CCCCCCC.Cc1ccc(C(C)C=O)cc1. The predicted octanol–water partition coefficient (Wildman–Crippen LogP) is 9.37. The van der Waals surface area contributed by atoms with Crippen LogP contribution in [0.5, 0.6) is 0 Å². The lowest BCUT2D eigenvalue weighted by Gasteiger charge is -2.02. The third-order valence-corrected chi connectivity index (χ3v) is 3.49. The van der Waals surface area contributed by atoms with E-state index in [1.807, 2.05) is 65.8 Å². The summed E-state index contributed by atoms with van der Waals surface area (Å²) in [7, 11) is 0. The van der Waals surface area contributed by atoms with Gasteiger partial charge in [0.25, 0.3) is 0 Å². The van der Waals surface area contributed by atoms with E-state index in [2.05, 4.69) is 20.4 Å². The zero-order chi connectivity index (χ0) is 22.8. The van der Waals surface area contributed by atoms with Gasteiger partial charge in [0.1, 0.15) is 12.1 Å². The second-order valence-electron chi connectivity index (χ2n) is 5.77. The molecule has 0 spiro atoms. The molecule has 1 aromatic rings. The zero-order valence-electron chi connectivity index (χ0n) is 20.1. The Hall–Kier alpha value is -1.70. The number of hydrogen-bond acceptors (Lipinski definition) is 1. The van der Waals surface area contributed by atoms with Crippen molar-refractivity contribution in [3.63, 3.8) is 0 Å². The number of hydrogen-bond donors (Lipinski definition) is 0. The Kier molecular flexibility index (Phi) is 36.3. The summed E-state index contributed by atoms with van der Waals surface area (Å²) in [4.78, 5) is 10.4. The van der Waals surface area contributed by atoms with E-state index in [-0.39, 0.29) is 11.7 Å². The molecule has 0 heterocycles. The van der Waals surface area contributed by atoms with Crippen LogP contribution in [0.2, 0.25) is 0 Å². The van der Waals surface area contributed by atoms with Gasteiger partial charge in [-0.25, -0.2) is 4.39 Å². The molecule has 164 valence electrons. The molecule has 0 saturated carbocycles. The number of unbranched alkanes of at least 4 members (excludes halogenated alkanes) is 4. The van der Waals surface area contributed by atoms with E-state index < -0.39 is 0 Å². The van der Waals surface area contributed by atoms with Crippen molar-refractivity contribution in [1.82, 2.24) is 0 Å². The first-order valence-corrected chi connectivity index (χ1v) is 10.9. The van der Waals surface area contributed by atoms with Crippen LogP contribution in [-0.2, 0) is 4.79 Å². The third kappa shape index (κ3) is 26.5. The Labute approximate surface area is 176 Å². The maximum atomic E-state index is 11.6. The number of aldehydes is 1. The van der Waals surface area contributed by atoms with E-state index in [1.54, 1.807) is 6.92 Å². The highest BCUT2D eigenvalue weighted by atomic mass is 19.1. The highest BCUT2D eigenvalue weighted by Gasteiger charge is 2.00. The predicted molar refractivity (Wildman–Crippen MR) is 128 cm³/mol. The second kappa shape index (κ2) is 30.0. The lowest BCUT2D eigenvalue weighted by atomic mass is 10.0. The quantitative estimate of drug-likeness (QED) is 0.256. The highest BCUT2D eigenvalue weighted by Crippen LogP contribution is 2.12. The highest BCUT2D eigenvalue weighted by molar-refractivity contribution is 5.61. The molecule has 1 aromatic carbocycles. The second-order valence-corrected chi connectivity index (χ2v) is 5.77. The normalized spacial score (nSPS) is 10.1. The summed E-state index contributed by atoms with van der Waals surface area (Å²) in [5.41, 5.74) is 2.32. The maximum Gasteiger partial charge on any atom is 0.127 e.